The number of rotatable bonds is 3. The molecule has 0 saturated heterocycles. The van der Waals surface area contributed by atoms with Gasteiger partial charge in [0.05, 0.1) is 0 Å². The fourth-order valence-electron chi connectivity index (χ4n) is 1.83. The second-order valence-electron chi connectivity index (χ2n) is 4.15. The average Bonchev–Trinajstić information content (AvgIpc) is 2.46. The molecule has 2 aromatic heterocycles. The lowest BCUT2D eigenvalue weighted by atomic mass is 10.2. The van der Waals surface area contributed by atoms with E-state index in [4.69, 9.17) is 5.73 Å². The van der Waals surface area contributed by atoms with E-state index in [1.807, 2.05) is 36.4 Å². The molecular weight excluding hydrogens is 238 g/mol. The molecule has 5 heteroatoms. The van der Waals surface area contributed by atoms with E-state index < -0.39 is 0 Å². The largest absolute Gasteiger partial charge is 0.398 e. The standard InChI is InChI=1S/C14H13N5/c15-11-4-2-1-3-10(11)9-18-13-6-5-12-14(19-13)17-8-7-16-12/h1-8H,9,15H2,(H,17,18,19). The van der Waals surface area contributed by atoms with E-state index >= 15 is 0 Å². The van der Waals surface area contributed by atoms with Gasteiger partial charge in [0.25, 0.3) is 0 Å². The molecule has 0 aliphatic rings. The lowest BCUT2D eigenvalue weighted by Gasteiger charge is -2.08. The third-order valence-corrected chi connectivity index (χ3v) is 2.85. The maximum Gasteiger partial charge on any atom is 0.180 e. The Kier molecular flexibility index (Phi) is 2.94. The van der Waals surface area contributed by atoms with Gasteiger partial charge in [0, 0.05) is 24.6 Å². The molecule has 0 saturated carbocycles. The molecule has 3 N–H and O–H groups in total. The summed E-state index contributed by atoms with van der Waals surface area (Å²) in [6.07, 6.45) is 3.29. The van der Waals surface area contributed by atoms with Crippen molar-refractivity contribution in [2.45, 2.75) is 6.54 Å². The van der Waals surface area contributed by atoms with Crippen LogP contribution in [0.15, 0.2) is 48.8 Å². The Morgan fingerprint density at radius 3 is 2.74 bits per heavy atom. The number of aromatic nitrogens is 3. The minimum absolute atomic E-state index is 0.630. The van der Waals surface area contributed by atoms with Gasteiger partial charge in [0.15, 0.2) is 5.65 Å². The van der Waals surface area contributed by atoms with Crippen LogP contribution in [-0.4, -0.2) is 15.0 Å². The van der Waals surface area contributed by atoms with E-state index in [0.29, 0.717) is 12.2 Å². The van der Waals surface area contributed by atoms with Gasteiger partial charge in [0.2, 0.25) is 0 Å². The van der Waals surface area contributed by atoms with Crippen LogP contribution in [0.1, 0.15) is 5.56 Å². The fraction of sp³-hybridized carbons (Fsp3) is 0.0714. The van der Waals surface area contributed by atoms with Gasteiger partial charge in [0.1, 0.15) is 11.3 Å². The molecular formula is C14H13N5. The number of nitrogens with one attached hydrogen (secondary N) is 1. The minimum atomic E-state index is 0.630. The number of pyridine rings is 1. The molecule has 0 unspecified atom stereocenters. The first kappa shape index (κ1) is 11.4. The molecule has 94 valence electrons. The van der Waals surface area contributed by atoms with Gasteiger partial charge in [-0.25, -0.2) is 9.97 Å². The van der Waals surface area contributed by atoms with Crippen molar-refractivity contribution in [3.63, 3.8) is 0 Å². The molecule has 3 aromatic rings. The number of fused-ring (bicyclic) bond motifs is 1. The van der Waals surface area contributed by atoms with Crippen LogP contribution in [0.2, 0.25) is 0 Å². The predicted octanol–water partition coefficient (Wildman–Crippen LogP) is 2.22. The Morgan fingerprint density at radius 1 is 1.00 bits per heavy atom. The monoisotopic (exact) mass is 251 g/mol. The summed E-state index contributed by atoms with van der Waals surface area (Å²) < 4.78 is 0. The molecule has 1 aromatic carbocycles. The SMILES string of the molecule is Nc1ccccc1CNc1ccc2nccnc2n1. The molecule has 0 aliphatic carbocycles. The second-order valence-corrected chi connectivity index (χ2v) is 4.15. The number of para-hydroxylation sites is 1. The van der Waals surface area contributed by atoms with Crippen LogP contribution in [0.5, 0.6) is 0 Å². The van der Waals surface area contributed by atoms with Crippen LogP contribution in [0.4, 0.5) is 11.5 Å². The van der Waals surface area contributed by atoms with Crippen LogP contribution in [-0.2, 0) is 6.54 Å². The van der Waals surface area contributed by atoms with Crippen LogP contribution >= 0.6 is 0 Å². The first-order chi connectivity index (χ1) is 9.33. The van der Waals surface area contributed by atoms with E-state index in [9.17, 15) is 0 Å². The Labute approximate surface area is 110 Å². The molecule has 0 spiro atoms. The van der Waals surface area contributed by atoms with Crippen molar-refractivity contribution >= 4 is 22.7 Å². The van der Waals surface area contributed by atoms with E-state index in [0.717, 1.165) is 22.6 Å². The van der Waals surface area contributed by atoms with Crippen molar-refractivity contribution in [1.29, 1.82) is 0 Å². The van der Waals surface area contributed by atoms with Gasteiger partial charge in [-0.1, -0.05) is 18.2 Å². The van der Waals surface area contributed by atoms with Crippen LogP contribution in [0.3, 0.4) is 0 Å². The highest BCUT2D eigenvalue weighted by Crippen LogP contribution is 2.14. The summed E-state index contributed by atoms with van der Waals surface area (Å²) in [5.74, 6) is 0.760. The molecule has 0 atom stereocenters. The fourth-order valence-corrected chi connectivity index (χ4v) is 1.83. The van der Waals surface area contributed by atoms with Crippen molar-refractivity contribution < 1.29 is 0 Å². The van der Waals surface area contributed by atoms with Gasteiger partial charge >= 0.3 is 0 Å². The first-order valence-electron chi connectivity index (χ1n) is 5.98. The quantitative estimate of drug-likeness (QED) is 0.698. The number of anilines is 2. The van der Waals surface area contributed by atoms with Crippen LogP contribution in [0, 0.1) is 0 Å². The third kappa shape index (κ3) is 2.44. The molecule has 0 aliphatic heterocycles. The Hall–Kier alpha value is -2.69. The predicted molar refractivity (Wildman–Crippen MR) is 75.5 cm³/mol. The topological polar surface area (TPSA) is 76.7 Å². The minimum Gasteiger partial charge on any atom is -0.398 e. The zero-order chi connectivity index (χ0) is 13.1. The molecule has 0 bridgehead atoms. The second kappa shape index (κ2) is 4.89. The zero-order valence-electron chi connectivity index (χ0n) is 10.2. The third-order valence-electron chi connectivity index (χ3n) is 2.85. The number of nitrogens with two attached hydrogens (primary N) is 1. The summed E-state index contributed by atoms with van der Waals surface area (Å²) in [5, 5.41) is 3.24. The van der Waals surface area contributed by atoms with Crippen molar-refractivity contribution in [2.75, 3.05) is 11.1 Å². The van der Waals surface area contributed by atoms with Crippen molar-refractivity contribution in [3.8, 4) is 0 Å². The van der Waals surface area contributed by atoms with Crippen LogP contribution in [0.25, 0.3) is 11.2 Å². The molecule has 0 radical (unpaired) electrons. The Bertz CT molecular complexity index is 711. The molecule has 0 fully saturated rings. The van der Waals surface area contributed by atoms with E-state index in [-0.39, 0.29) is 0 Å². The van der Waals surface area contributed by atoms with Gasteiger partial charge in [-0.15, -0.1) is 0 Å². The molecule has 2 heterocycles. The normalized spacial score (nSPS) is 10.5. The average molecular weight is 251 g/mol. The molecule has 0 amide bonds. The summed E-state index contributed by atoms with van der Waals surface area (Å²) in [7, 11) is 0. The molecule has 3 rings (SSSR count). The van der Waals surface area contributed by atoms with E-state index in [1.54, 1.807) is 12.4 Å². The number of nitrogen functional groups attached to an aromatic ring is 1. The molecule has 19 heavy (non-hydrogen) atoms. The van der Waals surface area contributed by atoms with E-state index in [2.05, 4.69) is 20.3 Å². The van der Waals surface area contributed by atoms with Gasteiger partial charge < -0.3 is 11.1 Å². The zero-order valence-corrected chi connectivity index (χ0v) is 10.2. The first-order valence-corrected chi connectivity index (χ1v) is 5.98. The van der Waals surface area contributed by atoms with Crippen molar-refractivity contribution in [2.24, 2.45) is 0 Å². The van der Waals surface area contributed by atoms with Crippen LogP contribution < -0.4 is 11.1 Å². The Morgan fingerprint density at radius 2 is 1.84 bits per heavy atom. The van der Waals surface area contributed by atoms with Gasteiger partial charge in [-0.05, 0) is 23.8 Å². The lowest BCUT2D eigenvalue weighted by molar-refractivity contribution is 1.11. The van der Waals surface area contributed by atoms with Crippen molar-refractivity contribution in [1.82, 2.24) is 15.0 Å². The number of benzene rings is 1. The summed E-state index contributed by atoms with van der Waals surface area (Å²) in [4.78, 5) is 12.8. The van der Waals surface area contributed by atoms with E-state index in [1.165, 1.54) is 0 Å². The lowest BCUT2D eigenvalue weighted by Crippen LogP contribution is -2.04. The number of hydrogen-bond acceptors (Lipinski definition) is 5. The highest BCUT2D eigenvalue weighted by molar-refractivity contribution is 5.71. The summed E-state index contributed by atoms with van der Waals surface area (Å²) in [5.41, 5.74) is 9.13. The maximum atomic E-state index is 5.89. The summed E-state index contributed by atoms with van der Waals surface area (Å²) in [6, 6.07) is 11.5. The molecule has 5 nitrogen and oxygen atoms in total. The maximum absolute atomic E-state index is 5.89. The van der Waals surface area contributed by atoms with Gasteiger partial charge in [-0.3, -0.25) is 4.98 Å². The van der Waals surface area contributed by atoms with Crippen molar-refractivity contribution in [3.05, 3.63) is 54.4 Å². The smallest absolute Gasteiger partial charge is 0.180 e. The number of nitrogens with zero attached hydrogens (tertiary/aromatic N) is 3. The highest BCUT2D eigenvalue weighted by atomic mass is 15.0. The Balaban J connectivity index is 1.80. The number of hydrogen-bond donors (Lipinski definition) is 2. The summed E-state index contributed by atoms with van der Waals surface area (Å²) >= 11 is 0. The summed E-state index contributed by atoms with van der Waals surface area (Å²) in [6.45, 7) is 0.630. The highest BCUT2D eigenvalue weighted by Gasteiger charge is 2.01. The van der Waals surface area contributed by atoms with Gasteiger partial charge in [-0.2, -0.15) is 0 Å².